The first kappa shape index (κ1) is 22.4. The van der Waals surface area contributed by atoms with Crippen molar-refractivity contribution in [3.63, 3.8) is 0 Å². The summed E-state index contributed by atoms with van der Waals surface area (Å²) in [4.78, 5) is 14.8. The molecule has 33 heavy (non-hydrogen) atoms. The molecular formula is C26H28F3NO3. The van der Waals surface area contributed by atoms with E-state index in [2.05, 4.69) is 0 Å². The molecule has 2 heterocycles. The summed E-state index contributed by atoms with van der Waals surface area (Å²) in [6.45, 7) is 3.04. The Kier molecular flexibility index (Phi) is 5.95. The fourth-order valence-electron chi connectivity index (χ4n) is 4.64. The van der Waals surface area contributed by atoms with Crippen molar-refractivity contribution < 1.29 is 27.4 Å². The van der Waals surface area contributed by atoms with E-state index in [1.165, 1.54) is 12.8 Å². The number of carbonyl (C=O) groups excluding carboxylic acids is 1. The minimum absolute atomic E-state index is 0.00905. The molecule has 0 radical (unpaired) electrons. The van der Waals surface area contributed by atoms with Crippen molar-refractivity contribution >= 4 is 5.91 Å². The van der Waals surface area contributed by atoms with E-state index < -0.39 is 11.7 Å². The van der Waals surface area contributed by atoms with Gasteiger partial charge in [0.25, 0.3) is 5.91 Å². The zero-order valence-electron chi connectivity index (χ0n) is 18.4. The smallest absolute Gasteiger partial charge is 0.375 e. The van der Waals surface area contributed by atoms with Crippen LogP contribution in [-0.2, 0) is 21.3 Å². The molecule has 2 aromatic rings. The lowest BCUT2D eigenvalue weighted by atomic mass is 9.88. The van der Waals surface area contributed by atoms with Gasteiger partial charge in [-0.15, -0.1) is 0 Å². The van der Waals surface area contributed by atoms with Crippen LogP contribution in [0.15, 0.2) is 48.5 Å². The van der Waals surface area contributed by atoms with Crippen LogP contribution < -0.4 is 0 Å². The number of alkyl halides is 3. The van der Waals surface area contributed by atoms with Crippen molar-refractivity contribution in [2.24, 2.45) is 5.92 Å². The Morgan fingerprint density at radius 2 is 1.61 bits per heavy atom. The highest BCUT2D eigenvalue weighted by Gasteiger charge is 2.43. The third kappa shape index (κ3) is 4.80. The van der Waals surface area contributed by atoms with Gasteiger partial charge in [0.05, 0.1) is 25.4 Å². The average Bonchev–Trinajstić information content (AvgIpc) is 3.63. The van der Waals surface area contributed by atoms with Gasteiger partial charge >= 0.3 is 6.18 Å². The fraction of sp³-hybridized carbons (Fsp3) is 0.500. The Hall–Kier alpha value is -2.38. The Morgan fingerprint density at radius 1 is 0.970 bits per heavy atom. The van der Waals surface area contributed by atoms with Gasteiger partial charge in [0.2, 0.25) is 0 Å². The number of rotatable bonds is 6. The maximum atomic E-state index is 13.0. The van der Waals surface area contributed by atoms with Crippen LogP contribution in [0.25, 0.3) is 0 Å². The molecule has 5 rings (SSSR count). The largest absolute Gasteiger partial charge is 0.416 e. The first-order valence-corrected chi connectivity index (χ1v) is 11.6. The van der Waals surface area contributed by atoms with Gasteiger partial charge in [-0.2, -0.15) is 13.2 Å². The van der Waals surface area contributed by atoms with Crippen LogP contribution in [0.3, 0.4) is 0 Å². The molecule has 3 fully saturated rings. The van der Waals surface area contributed by atoms with Crippen molar-refractivity contribution in [2.45, 2.75) is 43.4 Å². The van der Waals surface area contributed by atoms with E-state index in [0.717, 1.165) is 42.7 Å². The molecule has 4 nitrogen and oxygen atoms in total. The standard InChI is InChI=1S/C26H28F3NO3/c27-26(28,29)23-9-3-19(4-10-23)20-11-13-30(14-12-20)24(31)21-5-7-22(8-6-21)25(16-32-17-25)33-15-18-1-2-18/h3-10,18,20H,1-2,11-17H2. The summed E-state index contributed by atoms with van der Waals surface area (Å²) < 4.78 is 50.0. The van der Waals surface area contributed by atoms with E-state index in [4.69, 9.17) is 9.47 Å². The summed E-state index contributed by atoms with van der Waals surface area (Å²) in [7, 11) is 0. The van der Waals surface area contributed by atoms with Crippen molar-refractivity contribution in [1.29, 1.82) is 0 Å². The van der Waals surface area contributed by atoms with Crippen LogP contribution in [0.1, 0.15) is 58.6 Å². The predicted molar refractivity (Wildman–Crippen MR) is 117 cm³/mol. The summed E-state index contributed by atoms with van der Waals surface area (Å²) in [6.07, 6.45) is -0.367. The average molecular weight is 460 g/mol. The molecule has 0 bridgehead atoms. The first-order chi connectivity index (χ1) is 15.8. The first-order valence-electron chi connectivity index (χ1n) is 11.6. The Balaban J connectivity index is 1.18. The number of hydrogen-bond acceptors (Lipinski definition) is 3. The lowest BCUT2D eigenvalue weighted by Crippen LogP contribution is -2.49. The van der Waals surface area contributed by atoms with E-state index in [1.54, 1.807) is 12.1 Å². The molecule has 0 N–H and O–H groups in total. The van der Waals surface area contributed by atoms with Gasteiger partial charge in [-0.1, -0.05) is 24.3 Å². The molecule has 1 amide bonds. The van der Waals surface area contributed by atoms with Crippen molar-refractivity contribution in [3.8, 4) is 0 Å². The molecule has 0 aromatic heterocycles. The highest BCUT2D eigenvalue weighted by atomic mass is 19.4. The highest BCUT2D eigenvalue weighted by molar-refractivity contribution is 5.94. The van der Waals surface area contributed by atoms with E-state index in [1.807, 2.05) is 29.2 Å². The minimum atomic E-state index is -4.32. The molecule has 3 aliphatic rings. The molecule has 1 saturated carbocycles. The Morgan fingerprint density at radius 3 is 2.12 bits per heavy atom. The summed E-state index contributed by atoms with van der Waals surface area (Å²) in [6, 6.07) is 13.1. The molecule has 2 saturated heterocycles. The van der Waals surface area contributed by atoms with Crippen molar-refractivity contribution in [3.05, 3.63) is 70.8 Å². The maximum absolute atomic E-state index is 13.0. The molecule has 1 aliphatic carbocycles. The second kappa shape index (κ2) is 8.76. The highest BCUT2D eigenvalue weighted by Crippen LogP contribution is 2.38. The van der Waals surface area contributed by atoms with Crippen LogP contribution in [0.2, 0.25) is 0 Å². The van der Waals surface area contributed by atoms with E-state index in [0.29, 0.717) is 37.8 Å². The fourth-order valence-corrected chi connectivity index (χ4v) is 4.64. The second-order valence-electron chi connectivity index (χ2n) is 9.51. The number of ether oxygens (including phenoxy) is 2. The third-order valence-corrected chi connectivity index (χ3v) is 7.11. The number of carbonyl (C=O) groups is 1. The van der Waals surface area contributed by atoms with Crippen molar-refractivity contribution in [2.75, 3.05) is 32.9 Å². The number of likely N-dealkylation sites (tertiary alicyclic amines) is 1. The Bertz CT molecular complexity index is 971. The van der Waals surface area contributed by atoms with Crippen LogP contribution in [0, 0.1) is 5.92 Å². The molecule has 0 atom stereocenters. The van der Waals surface area contributed by atoms with E-state index in [9.17, 15) is 18.0 Å². The van der Waals surface area contributed by atoms with E-state index >= 15 is 0 Å². The van der Waals surface area contributed by atoms with E-state index in [-0.39, 0.29) is 17.4 Å². The van der Waals surface area contributed by atoms with Gasteiger partial charge in [-0.3, -0.25) is 4.79 Å². The van der Waals surface area contributed by atoms with Gasteiger partial charge in [0.1, 0.15) is 5.60 Å². The third-order valence-electron chi connectivity index (χ3n) is 7.11. The molecule has 2 aliphatic heterocycles. The predicted octanol–water partition coefficient (Wildman–Crippen LogP) is 5.38. The summed E-state index contributed by atoms with van der Waals surface area (Å²) >= 11 is 0. The number of nitrogens with zero attached hydrogens (tertiary/aromatic N) is 1. The van der Waals surface area contributed by atoms with Gasteiger partial charge < -0.3 is 14.4 Å². The maximum Gasteiger partial charge on any atom is 0.416 e. The summed E-state index contributed by atoms with van der Waals surface area (Å²) in [5.41, 5.74) is 1.58. The molecule has 2 aromatic carbocycles. The van der Waals surface area contributed by atoms with Gasteiger partial charge in [0, 0.05) is 18.7 Å². The number of amides is 1. The Labute approximate surface area is 191 Å². The number of benzene rings is 2. The van der Waals surface area contributed by atoms with Crippen LogP contribution in [-0.4, -0.2) is 43.7 Å². The number of halogens is 3. The lowest BCUT2D eigenvalue weighted by Gasteiger charge is -2.41. The molecular weight excluding hydrogens is 431 g/mol. The number of piperidine rings is 1. The molecule has 176 valence electrons. The zero-order chi connectivity index (χ0) is 23.1. The topological polar surface area (TPSA) is 38.8 Å². The van der Waals surface area contributed by atoms with Gasteiger partial charge in [-0.25, -0.2) is 0 Å². The SMILES string of the molecule is O=C(c1ccc(C2(OCC3CC3)COC2)cc1)N1CCC(c2ccc(C(F)(F)F)cc2)CC1. The minimum Gasteiger partial charge on any atom is -0.375 e. The van der Waals surface area contributed by atoms with Gasteiger partial charge in [-0.05, 0) is 72.9 Å². The lowest BCUT2D eigenvalue weighted by molar-refractivity contribution is -0.218. The molecule has 0 unspecified atom stereocenters. The molecule has 7 heteroatoms. The molecule has 0 spiro atoms. The summed E-state index contributed by atoms with van der Waals surface area (Å²) in [5.74, 6) is 0.833. The van der Waals surface area contributed by atoms with Crippen molar-refractivity contribution in [1.82, 2.24) is 4.90 Å². The second-order valence-corrected chi connectivity index (χ2v) is 9.51. The monoisotopic (exact) mass is 459 g/mol. The normalized spacial score (nSPS) is 21.0. The quantitative estimate of drug-likeness (QED) is 0.583. The van der Waals surface area contributed by atoms with Crippen LogP contribution >= 0.6 is 0 Å². The van der Waals surface area contributed by atoms with Crippen LogP contribution in [0.4, 0.5) is 13.2 Å². The zero-order valence-corrected chi connectivity index (χ0v) is 18.4. The summed E-state index contributed by atoms with van der Waals surface area (Å²) in [5, 5.41) is 0. The van der Waals surface area contributed by atoms with Gasteiger partial charge in [0.15, 0.2) is 0 Å². The van der Waals surface area contributed by atoms with Crippen LogP contribution in [0.5, 0.6) is 0 Å². The number of hydrogen-bond donors (Lipinski definition) is 0.